The number of hydrogen-bond donors (Lipinski definition) is 1. The van der Waals surface area contributed by atoms with E-state index in [1.54, 1.807) is 11.8 Å². The van der Waals surface area contributed by atoms with E-state index in [4.69, 9.17) is 0 Å². The summed E-state index contributed by atoms with van der Waals surface area (Å²) in [6, 6.07) is 23.3. The molecule has 0 atom stereocenters. The summed E-state index contributed by atoms with van der Waals surface area (Å²) in [6.45, 7) is 4.21. The topological polar surface area (TPSA) is 12.0 Å². The Morgan fingerprint density at radius 2 is 1.48 bits per heavy atom. The van der Waals surface area contributed by atoms with E-state index >= 15 is 0 Å². The van der Waals surface area contributed by atoms with Crippen LogP contribution in [0.5, 0.6) is 0 Å². The number of halogens is 1. The molecule has 116 valence electrons. The molecule has 0 aromatic heterocycles. The summed E-state index contributed by atoms with van der Waals surface area (Å²) < 4.78 is 1.11. The smallest absolute Gasteiger partial charge is 0.0531 e. The van der Waals surface area contributed by atoms with E-state index in [9.17, 15) is 0 Å². The van der Waals surface area contributed by atoms with Crippen molar-refractivity contribution in [2.75, 3.05) is 5.32 Å². The van der Waals surface area contributed by atoms with E-state index in [2.05, 4.69) is 102 Å². The van der Waals surface area contributed by atoms with Crippen LogP contribution in [0.3, 0.4) is 0 Å². The lowest BCUT2D eigenvalue weighted by Crippen LogP contribution is -1.94. The van der Waals surface area contributed by atoms with E-state index in [1.807, 2.05) is 0 Å². The lowest BCUT2D eigenvalue weighted by Gasteiger charge is -2.14. The summed E-state index contributed by atoms with van der Waals surface area (Å²) >= 11 is 5.44. The third-order valence-corrected chi connectivity index (χ3v) is 5.73. The van der Waals surface area contributed by atoms with Crippen molar-refractivity contribution in [3.63, 3.8) is 0 Å². The second-order valence-electron chi connectivity index (χ2n) is 5.47. The maximum atomic E-state index is 3.67. The monoisotopic (exact) mass is 383 g/mol. The van der Waals surface area contributed by atoms with Gasteiger partial charge >= 0.3 is 0 Å². The van der Waals surface area contributed by atoms with Crippen molar-refractivity contribution >= 4 is 39.1 Å². The van der Waals surface area contributed by atoms with Crippen LogP contribution >= 0.6 is 27.7 Å². The largest absolute Gasteiger partial charge is 0.354 e. The van der Waals surface area contributed by atoms with E-state index < -0.39 is 0 Å². The molecule has 0 saturated heterocycles. The molecule has 3 heteroatoms. The summed E-state index contributed by atoms with van der Waals surface area (Å²) in [5.41, 5.74) is 4.70. The Kier molecular flexibility index (Phi) is 5.09. The molecule has 1 nitrogen and oxygen atoms in total. The van der Waals surface area contributed by atoms with Crippen molar-refractivity contribution in [3.8, 4) is 0 Å². The predicted molar refractivity (Wildman–Crippen MR) is 104 cm³/mol. The SMILES string of the molecule is Cc1ccc(Sc2ccccc2Nc2cccc(C)c2Br)cc1. The highest BCUT2D eigenvalue weighted by Gasteiger charge is 2.07. The minimum atomic E-state index is 1.09. The molecule has 3 rings (SSSR count). The molecule has 0 radical (unpaired) electrons. The van der Waals surface area contributed by atoms with Gasteiger partial charge in [0.05, 0.1) is 11.4 Å². The molecule has 0 heterocycles. The van der Waals surface area contributed by atoms with Gasteiger partial charge in [0, 0.05) is 14.3 Å². The molecule has 0 bridgehead atoms. The first-order chi connectivity index (χ1) is 11.1. The van der Waals surface area contributed by atoms with Crippen LogP contribution in [0.1, 0.15) is 11.1 Å². The molecule has 0 aliphatic heterocycles. The van der Waals surface area contributed by atoms with Crippen LogP contribution in [-0.2, 0) is 0 Å². The van der Waals surface area contributed by atoms with E-state index in [0.29, 0.717) is 0 Å². The second-order valence-corrected chi connectivity index (χ2v) is 7.38. The van der Waals surface area contributed by atoms with Gasteiger partial charge in [0.2, 0.25) is 0 Å². The van der Waals surface area contributed by atoms with Gasteiger partial charge in [-0.05, 0) is 65.7 Å². The van der Waals surface area contributed by atoms with Gasteiger partial charge in [-0.25, -0.2) is 0 Å². The Morgan fingerprint density at radius 3 is 2.26 bits per heavy atom. The summed E-state index contributed by atoms with van der Waals surface area (Å²) in [7, 11) is 0. The standard InChI is InChI=1S/C20H18BrNS/c1-14-10-12-16(13-11-14)23-19-9-4-3-7-17(19)22-18-8-5-6-15(2)20(18)21/h3-13,22H,1-2H3. The third-order valence-electron chi connectivity index (χ3n) is 3.60. The van der Waals surface area contributed by atoms with Gasteiger partial charge in [0.15, 0.2) is 0 Å². The Bertz CT molecular complexity index is 812. The van der Waals surface area contributed by atoms with Crippen molar-refractivity contribution in [2.45, 2.75) is 23.6 Å². The summed E-state index contributed by atoms with van der Waals surface area (Å²) in [5, 5.41) is 3.55. The average Bonchev–Trinajstić information content (AvgIpc) is 2.56. The molecular weight excluding hydrogens is 366 g/mol. The second kappa shape index (κ2) is 7.24. The van der Waals surface area contributed by atoms with Crippen LogP contribution in [0.2, 0.25) is 0 Å². The van der Waals surface area contributed by atoms with Gasteiger partial charge in [-0.15, -0.1) is 0 Å². The van der Waals surface area contributed by atoms with Gasteiger partial charge in [0.25, 0.3) is 0 Å². The molecule has 0 aliphatic carbocycles. The number of aryl methyl sites for hydroxylation is 2. The highest BCUT2D eigenvalue weighted by atomic mass is 79.9. The lowest BCUT2D eigenvalue weighted by atomic mass is 10.2. The minimum Gasteiger partial charge on any atom is -0.354 e. The quantitative estimate of drug-likeness (QED) is 0.522. The highest BCUT2D eigenvalue weighted by molar-refractivity contribution is 9.10. The third kappa shape index (κ3) is 3.98. The Balaban J connectivity index is 1.88. The number of para-hydroxylation sites is 1. The minimum absolute atomic E-state index is 1.09. The van der Waals surface area contributed by atoms with Crippen molar-refractivity contribution < 1.29 is 0 Å². The molecule has 23 heavy (non-hydrogen) atoms. The first-order valence-electron chi connectivity index (χ1n) is 7.49. The van der Waals surface area contributed by atoms with Crippen LogP contribution in [0.4, 0.5) is 11.4 Å². The molecule has 3 aromatic carbocycles. The first kappa shape index (κ1) is 16.2. The number of benzene rings is 3. The van der Waals surface area contributed by atoms with Crippen LogP contribution in [-0.4, -0.2) is 0 Å². The van der Waals surface area contributed by atoms with Gasteiger partial charge in [-0.3, -0.25) is 0 Å². The van der Waals surface area contributed by atoms with E-state index in [-0.39, 0.29) is 0 Å². The molecule has 0 saturated carbocycles. The summed E-state index contributed by atoms with van der Waals surface area (Å²) in [6.07, 6.45) is 0. The fourth-order valence-electron chi connectivity index (χ4n) is 2.28. The van der Waals surface area contributed by atoms with E-state index in [1.165, 1.54) is 20.9 Å². The predicted octanol–water partition coefficient (Wildman–Crippen LogP) is 6.96. The average molecular weight is 384 g/mol. The van der Waals surface area contributed by atoms with Gasteiger partial charge in [-0.1, -0.05) is 53.7 Å². The zero-order chi connectivity index (χ0) is 16.2. The Morgan fingerprint density at radius 1 is 0.783 bits per heavy atom. The molecule has 3 aromatic rings. The maximum Gasteiger partial charge on any atom is 0.0531 e. The highest BCUT2D eigenvalue weighted by Crippen LogP contribution is 2.36. The van der Waals surface area contributed by atoms with Crippen LogP contribution < -0.4 is 5.32 Å². The summed E-state index contributed by atoms with van der Waals surface area (Å²) in [4.78, 5) is 2.46. The lowest BCUT2D eigenvalue weighted by molar-refractivity contribution is 1.34. The van der Waals surface area contributed by atoms with E-state index in [0.717, 1.165) is 15.8 Å². The normalized spacial score (nSPS) is 10.6. The van der Waals surface area contributed by atoms with Crippen molar-refractivity contribution in [1.29, 1.82) is 0 Å². The fourth-order valence-corrected chi connectivity index (χ4v) is 3.55. The Labute approximate surface area is 150 Å². The fraction of sp³-hybridized carbons (Fsp3) is 0.100. The Hall–Kier alpha value is -1.71. The summed E-state index contributed by atoms with van der Waals surface area (Å²) in [5.74, 6) is 0. The zero-order valence-electron chi connectivity index (χ0n) is 13.1. The molecule has 0 spiro atoms. The molecule has 0 amide bonds. The van der Waals surface area contributed by atoms with Gasteiger partial charge in [0.1, 0.15) is 0 Å². The van der Waals surface area contributed by atoms with Crippen molar-refractivity contribution in [3.05, 3.63) is 82.3 Å². The number of nitrogens with one attached hydrogen (secondary N) is 1. The van der Waals surface area contributed by atoms with Crippen LogP contribution in [0, 0.1) is 13.8 Å². The number of hydrogen-bond acceptors (Lipinski definition) is 2. The maximum absolute atomic E-state index is 3.67. The van der Waals surface area contributed by atoms with Crippen LogP contribution in [0.15, 0.2) is 81.0 Å². The molecule has 0 aliphatic rings. The molecule has 0 unspecified atom stereocenters. The number of anilines is 2. The van der Waals surface area contributed by atoms with Gasteiger partial charge in [-0.2, -0.15) is 0 Å². The molecular formula is C20H18BrNS. The zero-order valence-corrected chi connectivity index (χ0v) is 15.5. The number of rotatable bonds is 4. The first-order valence-corrected chi connectivity index (χ1v) is 9.10. The molecule has 0 fully saturated rings. The van der Waals surface area contributed by atoms with Crippen LogP contribution in [0.25, 0.3) is 0 Å². The molecule has 1 N–H and O–H groups in total. The van der Waals surface area contributed by atoms with Gasteiger partial charge < -0.3 is 5.32 Å². The van der Waals surface area contributed by atoms with Crippen molar-refractivity contribution in [2.24, 2.45) is 0 Å². The van der Waals surface area contributed by atoms with Crippen molar-refractivity contribution in [1.82, 2.24) is 0 Å².